The molecule has 3 nitrogen and oxygen atoms in total. The molecule has 4 heteroatoms. The van der Waals surface area contributed by atoms with Gasteiger partial charge in [0.15, 0.2) is 0 Å². The summed E-state index contributed by atoms with van der Waals surface area (Å²) < 4.78 is 0. The summed E-state index contributed by atoms with van der Waals surface area (Å²) in [6.45, 7) is 0. The van der Waals surface area contributed by atoms with Crippen LogP contribution in [-0.2, 0) is 0 Å². The van der Waals surface area contributed by atoms with Gasteiger partial charge in [0.2, 0.25) is 0 Å². The van der Waals surface area contributed by atoms with Crippen LogP contribution in [0.25, 0.3) is 0 Å². The normalized spacial score (nSPS) is 7.20. The summed E-state index contributed by atoms with van der Waals surface area (Å²) in [7, 11) is -2.62. The maximum atomic E-state index is 7.23. The molecule has 0 aromatic rings. The molecule has 3 N–H and O–H groups in total. The molecule has 0 heterocycles. The van der Waals surface area contributed by atoms with E-state index in [1.165, 1.54) is 0 Å². The standard InChI is InChI=1S/C.H3O3P/c;1-4(2)3/h;1-3H. The Morgan fingerprint density at radius 2 is 1.00 bits per heavy atom. The van der Waals surface area contributed by atoms with Crippen molar-refractivity contribution in [3.8, 4) is 0 Å². The molecule has 0 saturated heterocycles. The van der Waals surface area contributed by atoms with Crippen LogP contribution in [0.4, 0.5) is 0 Å². The van der Waals surface area contributed by atoms with E-state index in [1.54, 1.807) is 0 Å². The van der Waals surface area contributed by atoms with Crippen LogP contribution in [0.3, 0.4) is 0 Å². The van der Waals surface area contributed by atoms with Gasteiger partial charge in [-0.25, -0.2) is 0 Å². The fraction of sp³-hybridized carbons (Fsp3) is 0. The minimum absolute atomic E-state index is 0. The predicted molar refractivity (Wildman–Crippen MR) is 16.8 cm³/mol. The molecule has 0 aliphatic rings. The molecule has 0 unspecified atom stereocenters. The van der Waals surface area contributed by atoms with Crippen LogP contribution in [0, 0.1) is 7.43 Å². The summed E-state index contributed by atoms with van der Waals surface area (Å²) in [5.74, 6) is 0. The summed E-state index contributed by atoms with van der Waals surface area (Å²) >= 11 is 0. The molecule has 0 aromatic carbocycles. The van der Waals surface area contributed by atoms with Crippen molar-refractivity contribution in [1.82, 2.24) is 0 Å². The maximum Gasteiger partial charge on any atom is 0.324 e. The highest BCUT2D eigenvalue weighted by Crippen LogP contribution is 2.11. The van der Waals surface area contributed by atoms with Crippen LogP contribution >= 0.6 is 8.60 Å². The van der Waals surface area contributed by atoms with Crippen LogP contribution in [-0.4, -0.2) is 14.7 Å². The van der Waals surface area contributed by atoms with E-state index in [1.807, 2.05) is 0 Å². The van der Waals surface area contributed by atoms with Gasteiger partial charge in [-0.3, -0.25) is 0 Å². The number of rotatable bonds is 0. The lowest BCUT2D eigenvalue weighted by atomic mass is 12.0. The number of hydrogen-bond donors (Lipinski definition) is 3. The Morgan fingerprint density at radius 3 is 1.00 bits per heavy atom. The molecule has 0 fully saturated rings. The molecular formula is CH3O3P. The Labute approximate surface area is 31.9 Å². The van der Waals surface area contributed by atoms with Gasteiger partial charge >= 0.3 is 8.60 Å². The van der Waals surface area contributed by atoms with E-state index >= 15 is 0 Å². The molecule has 0 rings (SSSR count). The Balaban J connectivity index is 0. The first-order chi connectivity index (χ1) is 1.73. The largest absolute Gasteiger partial charge is 0.328 e. The highest BCUT2D eigenvalue weighted by Gasteiger charge is 1.76. The molecular weight excluding hydrogens is 91.0 g/mol. The van der Waals surface area contributed by atoms with Crippen molar-refractivity contribution in [2.24, 2.45) is 0 Å². The van der Waals surface area contributed by atoms with Crippen LogP contribution in [0.5, 0.6) is 0 Å². The summed E-state index contributed by atoms with van der Waals surface area (Å²) in [5.41, 5.74) is 0. The minimum Gasteiger partial charge on any atom is -0.328 e. The molecule has 4 radical (unpaired) electrons. The molecule has 0 amide bonds. The second-order valence-corrected chi connectivity index (χ2v) is 0.805. The highest BCUT2D eigenvalue weighted by molar-refractivity contribution is 7.38. The lowest BCUT2D eigenvalue weighted by molar-refractivity contribution is 0.368. The molecule has 0 spiro atoms. The van der Waals surface area contributed by atoms with Gasteiger partial charge in [0.1, 0.15) is 0 Å². The van der Waals surface area contributed by atoms with Crippen molar-refractivity contribution in [3.63, 3.8) is 0 Å². The third-order valence-electron chi connectivity index (χ3n) is 0. The Kier molecular flexibility index (Phi) is 7.76. The molecule has 5 heavy (non-hydrogen) atoms. The van der Waals surface area contributed by atoms with Crippen molar-refractivity contribution in [2.45, 2.75) is 0 Å². The summed E-state index contributed by atoms with van der Waals surface area (Å²) in [4.78, 5) is 21.7. The third kappa shape index (κ3) is 239. The zero-order chi connectivity index (χ0) is 3.58. The van der Waals surface area contributed by atoms with Gasteiger partial charge in [0.05, 0.1) is 0 Å². The maximum absolute atomic E-state index is 7.23. The predicted octanol–water partition coefficient (Wildman–Crippen LogP) is -0.729. The lowest BCUT2D eigenvalue weighted by Crippen LogP contribution is -1.54. The fourth-order valence-corrected chi connectivity index (χ4v) is 0. The lowest BCUT2D eigenvalue weighted by Gasteiger charge is -1.76. The SMILES string of the molecule is OP(O)O.[C]. The van der Waals surface area contributed by atoms with Gasteiger partial charge in [-0.15, -0.1) is 0 Å². The van der Waals surface area contributed by atoms with Crippen LogP contribution in [0.1, 0.15) is 0 Å². The topological polar surface area (TPSA) is 60.7 Å². The average Bonchev–Trinajstić information content (AvgIpc) is 0.811. The van der Waals surface area contributed by atoms with Crippen LogP contribution < -0.4 is 0 Å². The highest BCUT2D eigenvalue weighted by atomic mass is 31.2. The Morgan fingerprint density at radius 1 is 1.00 bits per heavy atom. The van der Waals surface area contributed by atoms with E-state index in [0.29, 0.717) is 0 Å². The zero-order valence-corrected chi connectivity index (χ0v) is 3.18. The van der Waals surface area contributed by atoms with E-state index in [-0.39, 0.29) is 7.43 Å². The second kappa shape index (κ2) is 4.31. The molecule has 0 aromatic heterocycles. The van der Waals surface area contributed by atoms with Crippen LogP contribution in [0.15, 0.2) is 0 Å². The smallest absolute Gasteiger partial charge is 0.324 e. The molecule has 0 aliphatic heterocycles. The van der Waals surface area contributed by atoms with Crippen molar-refractivity contribution < 1.29 is 14.7 Å². The van der Waals surface area contributed by atoms with Crippen molar-refractivity contribution in [3.05, 3.63) is 7.43 Å². The molecule has 0 saturated carbocycles. The second-order valence-electron chi connectivity index (χ2n) is 0.268. The zero-order valence-electron chi connectivity index (χ0n) is 2.29. The Hall–Kier alpha value is 0.310. The molecule has 0 aliphatic carbocycles. The van der Waals surface area contributed by atoms with E-state index in [9.17, 15) is 0 Å². The average molecular weight is 94.0 g/mol. The summed E-state index contributed by atoms with van der Waals surface area (Å²) in [5, 5.41) is 0. The molecule has 0 atom stereocenters. The van der Waals surface area contributed by atoms with E-state index in [0.717, 1.165) is 0 Å². The first-order valence-corrected chi connectivity index (χ1v) is 1.80. The van der Waals surface area contributed by atoms with E-state index < -0.39 is 8.60 Å². The van der Waals surface area contributed by atoms with Gasteiger partial charge in [-0.05, 0) is 0 Å². The van der Waals surface area contributed by atoms with Crippen molar-refractivity contribution in [1.29, 1.82) is 0 Å². The van der Waals surface area contributed by atoms with Crippen LogP contribution in [0.2, 0.25) is 0 Å². The van der Waals surface area contributed by atoms with E-state index in [4.69, 9.17) is 14.7 Å². The van der Waals surface area contributed by atoms with Gasteiger partial charge in [0, 0.05) is 7.43 Å². The first kappa shape index (κ1) is 9.00. The molecule has 30 valence electrons. The Bertz CT molecular complexity index is 11.6. The van der Waals surface area contributed by atoms with Gasteiger partial charge in [-0.1, -0.05) is 0 Å². The fourth-order valence-electron chi connectivity index (χ4n) is 0. The summed E-state index contributed by atoms with van der Waals surface area (Å²) in [6.07, 6.45) is 0. The van der Waals surface area contributed by atoms with E-state index in [2.05, 4.69) is 0 Å². The summed E-state index contributed by atoms with van der Waals surface area (Å²) in [6, 6.07) is 0. The third-order valence-corrected chi connectivity index (χ3v) is 0. The van der Waals surface area contributed by atoms with Crippen molar-refractivity contribution >= 4 is 8.60 Å². The van der Waals surface area contributed by atoms with Gasteiger partial charge in [-0.2, -0.15) is 0 Å². The number of hydrogen-bond acceptors (Lipinski definition) is 3. The first-order valence-electron chi connectivity index (χ1n) is 0.600. The minimum atomic E-state index is -2.62. The quantitative estimate of drug-likeness (QED) is 0.347. The van der Waals surface area contributed by atoms with Gasteiger partial charge < -0.3 is 14.7 Å². The monoisotopic (exact) mass is 94.0 g/mol. The van der Waals surface area contributed by atoms with Crippen molar-refractivity contribution in [2.75, 3.05) is 0 Å². The molecule has 0 bridgehead atoms. The van der Waals surface area contributed by atoms with Gasteiger partial charge in [0.25, 0.3) is 0 Å².